The van der Waals surface area contributed by atoms with E-state index in [4.69, 9.17) is 5.73 Å². The second-order valence-corrected chi connectivity index (χ2v) is 6.51. The van der Waals surface area contributed by atoms with E-state index in [1.807, 2.05) is 37.3 Å². The first-order chi connectivity index (χ1) is 10.0. The van der Waals surface area contributed by atoms with E-state index in [1.54, 1.807) is 0 Å². The van der Waals surface area contributed by atoms with E-state index in [-0.39, 0.29) is 11.3 Å². The summed E-state index contributed by atoms with van der Waals surface area (Å²) < 4.78 is 0. The monoisotopic (exact) mass is 308 g/mol. The Hall–Kier alpha value is -1.53. The van der Waals surface area contributed by atoms with Crippen LogP contribution < -0.4 is 5.73 Å². The minimum absolute atomic E-state index is 0.138. The fourth-order valence-electron chi connectivity index (χ4n) is 2.45. The standard InChI is InChI=1S/C15H20N2O3S/c1-10-17(13(9-21-10)15(19)20)14(18)12(16)8-7-11-5-3-2-4-6-11/h2-6,10,12-13H,7-9,16H2,1H3,(H,19,20). The number of hydrogen-bond donors (Lipinski definition) is 2. The Balaban J connectivity index is 1.96. The lowest BCUT2D eigenvalue weighted by Crippen LogP contribution is -2.51. The Morgan fingerprint density at radius 1 is 1.43 bits per heavy atom. The third kappa shape index (κ3) is 3.77. The predicted molar refractivity (Wildman–Crippen MR) is 82.9 cm³/mol. The Kier molecular flexibility index (Phi) is 5.25. The minimum Gasteiger partial charge on any atom is -0.480 e. The van der Waals surface area contributed by atoms with Crippen LogP contribution in [0.2, 0.25) is 0 Å². The fraction of sp³-hybridized carbons (Fsp3) is 0.467. The Bertz CT molecular complexity index is 509. The Morgan fingerprint density at radius 3 is 2.71 bits per heavy atom. The van der Waals surface area contributed by atoms with Crippen LogP contribution in [0.3, 0.4) is 0 Å². The fourth-order valence-corrected chi connectivity index (χ4v) is 3.62. The zero-order valence-corrected chi connectivity index (χ0v) is 12.8. The van der Waals surface area contributed by atoms with Crippen LogP contribution >= 0.6 is 11.8 Å². The van der Waals surface area contributed by atoms with Crippen LogP contribution in [0.15, 0.2) is 30.3 Å². The van der Waals surface area contributed by atoms with Crippen molar-refractivity contribution in [3.05, 3.63) is 35.9 Å². The first-order valence-electron chi connectivity index (χ1n) is 6.97. The van der Waals surface area contributed by atoms with Crippen molar-refractivity contribution in [3.63, 3.8) is 0 Å². The average Bonchev–Trinajstić information content (AvgIpc) is 2.87. The minimum atomic E-state index is -0.963. The van der Waals surface area contributed by atoms with Gasteiger partial charge in [-0.3, -0.25) is 4.79 Å². The second kappa shape index (κ2) is 6.95. The molecule has 2 rings (SSSR count). The zero-order chi connectivity index (χ0) is 15.4. The van der Waals surface area contributed by atoms with E-state index in [2.05, 4.69) is 0 Å². The van der Waals surface area contributed by atoms with Gasteiger partial charge in [-0.2, -0.15) is 0 Å². The van der Waals surface area contributed by atoms with Crippen molar-refractivity contribution < 1.29 is 14.7 Å². The number of thioether (sulfide) groups is 1. The van der Waals surface area contributed by atoms with Crippen molar-refractivity contribution in [3.8, 4) is 0 Å². The van der Waals surface area contributed by atoms with Gasteiger partial charge in [0.15, 0.2) is 0 Å². The molecular formula is C15H20N2O3S. The van der Waals surface area contributed by atoms with E-state index in [0.29, 0.717) is 18.6 Å². The number of nitrogens with two attached hydrogens (primary N) is 1. The van der Waals surface area contributed by atoms with Crippen LogP contribution in [0.1, 0.15) is 18.9 Å². The Morgan fingerprint density at radius 2 is 2.10 bits per heavy atom. The topological polar surface area (TPSA) is 83.6 Å². The summed E-state index contributed by atoms with van der Waals surface area (Å²) in [5.41, 5.74) is 7.10. The largest absolute Gasteiger partial charge is 0.480 e. The van der Waals surface area contributed by atoms with Gasteiger partial charge in [0.1, 0.15) is 6.04 Å². The zero-order valence-electron chi connectivity index (χ0n) is 11.9. The van der Waals surface area contributed by atoms with Crippen molar-refractivity contribution in [2.45, 2.75) is 37.2 Å². The molecule has 3 N–H and O–H groups in total. The maximum absolute atomic E-state index is 12.4. The van der Waals surface area contributed by atoms with Gasteiger partial charge in [0.2, 0.25) is 5.91 Å². The lowest BCUT2D eigenvalue weighted by Gasteiger charge is -2.27. The lowest BCUT2D eigenvalue weighted by molar-refractivity contribution is -0.149. The molecule has 1 aliphatic heterocycles. The summed E-state index contributed by atoms with van der Waals surface area (Å²) in [6.45, 7) is 1.84. The number of carbonyl (C=O) groups excluding carboxylic acids is 1. The number of aliphatic carboxylic acids is 1. The molecule has 1 heterocycles. The smallest absolute Gasteiger partial charge is 0.327 e. The number of aryl methyl sites for hydroxylation is 1. The maximum Gasteiger partial charge on any atom is 0.327 e. The summed E-state index contributed by atoms with van der Waals surface area (Å²) in [5.74, 6) is -0.806. The molecule has 1 aliphatic rings. The summed E-state index contributed by atoms with van der Waals surface area (Å²) >= 11 is 1.47. The molecule has 1 aromatic rings. The second-order valence-electron chi connectivity index (χ2n) is 5.16. The maximum atomic E-state index is 12.4. The van der Waals surface area contributed by atoms with Gasteiger partial charge in [0, 0.05) is 5.75 Å². The van der Waals surface area contributed by atoms with Crippen LogP contribution in [0.5, 0.6) is 0 Å². The highest BCUT2D eigenvalue weighted by Gasteiger charge is 2.40. The van der Waals surface area contributed by atoms with Crippen molar-refractivity contribution >= 4 is 23.6 Å². The Labute approximate surface area is 128 Å². The molecule has 21 heavy (non-hydrogen) atoms. The summed E-state index contributed by atoms with van der Waals surface area (Å²) in [7, 11) is 0. The molecule has 0 saturated carbocycles. The van der Waals surface area contributed by atoms with Gasteiger partial charge >= 0.3 is 5.97 Å². The van der Waals surface area contributed by atoms with Crippen LogP contribution in [-0.2, 0) is 16.0 Å². The third-order valence-corrected chi connectivity index (χ3v) is 4.88. The third-order valence-electron chi connectivity index (χ3n) is 3.67. The average molecular weight is 308 g/mol. The molecule has 1 fully saturated rings. The molecule has 5 nitrogen and oxygen atoms in total. The summed E-state index contributed by atoms with van der Waals surface area (Å²) in [5, 5.41) is 9.05. The molecule has 3 atom stereocenters. The van der Waals surface area contributed by atoms with Gasteiger partial charge in [0.05, 0.1) is 11.4 Å². The number of carbonyl (C=O) groups is 2. The summed E-state index contributed by atoms with van der Waals surface area (Å²) in [6.07, 6.45) is 1.23. The van der Waals surface area contributed by atoms with Crippen molar-refractivity contribution in [1.82, 2.24) is 4.90 Å². The normalized spacial score (nSPS) is 23.0. The lowest BCUT2D eigenvalue weighted by atomic mass is 10.0. The van der Waals surface area contributed by atoms with Crippen LogP contribution in [0.25, 0.3) is 0 Å². The first-order valence-corrected chi connectivity index (χ1v) is 8.01. The highest BCUT2D eigenvalue weighted by molar-refractivity contribution is 8.00. The van der Waals surface area contributed by atoms with E-state index in [1.165, 1.54) is 16.7 Å². The molecule has 114 valence electrons. The molecule has 1 saturated heterocycles. The number of hydrogen-bond acceptors (Lipinski definition) is 4. The number of nitrogens with zero attached hydrogens (tertiary/aromatic N) is 1. The molecule has 6 heteroatoms. The predicted octanol–water partition coefficient (Wildman–Crippen LogP) is 1.32. The van der Waals surface area contributed by atoms with Crippen molar-refractivity contribution in [2.75, 3.05) is 5.75 Å². The van der Waals surface area contributed by atoms with Crippen LogP contribution in [0.4, 0.5) is 0 Å². The molecule has 0 bridgehead atoms. The summed E-state index contributed by atoms with van der Waals surface area (Å²) in [6, 6.07) is 8.39. The molecular weight excluding hydrogens is 288 g/mol. The SMILES string of the molecule is CC1SCC(C(=O)O)N1C(=O)C(N)CCc1ccccc1. The number of rotatable bonds is 5. The van der Waals surface area contributed by atoms with E-state index >= 15 is 0 Å². The quantitative estimate of drug-likeness (QED) is 0.857. The highest BCUT2D eigenvalue weighted by atomic mass is 32.2. The molecule has 1 amide bonds. The molecule has 0 spiro atoms. The van der Waals surface area contributed by atoms with Gasteiger partial charge in [-0.25, -0.2) is 4.79 Å². The molecule has 1 aromatic carbocycles. The molecule has 0 aliphatic carbocycles. The van der Waals surface area contributed by atoms with Gasteiger partial charge in [-0.15, -0.1) is 11.8 Å². The van der Waals surface area contributed by atoms with Crippen LogP contribution in [-0.4, -0.2) is 45.1 Å². The van der Waals surface area contributed by atoms with Gasteiger partial charge < -0.3 is 15.7 Å². The summed E-state index contributed by atoms with van der Waals surface area (Å²) in [4.78, 5) is 25.1. The van der Waals surface area contributed by atoms with Crippen LogP contribution in [0, 0.1) is 0 Å². The van der Waals surface area contributed by atoms with E-state index < -0.39 is 18.1 Å². The first kappa shape index (κ1) is 15.9. The van der Waals surface area contributed by atoms with E-state index in [0.717, 1.165) is 5.56 Å². The van der Waals surface area contributed by atoms with Gasteiger partial charge in [-0.1, -0.05) is 30.3 Å². The number of amides is 1. The highest BCUT2D eigenvalue weighted by Crippen LogP contribution is 2.29. The number of carboxylic acids is 1. The molecule has 0 aromatic heterocycles. The van der Waals surface area contributed by atoms with Gasteiger partial charge in [-0.05, 0) is 25.3 Å². The number of carboxylic acid groups (broad SMARTS) is 1. The van der Waals surface area contributed by atoms with Gasteiger partial charge in [0.25, 0.3) is 0 Å². The van der Waals surface area contributed by atoms with Crippen molar-refractivity contribution in [2.24, 2.45) is 5.73 Å². The van der Waals surface area contributed by atoms with Crippen molar-refractivity contribution in [1.29, 1.82) is 0 Å². The molecule has 0 radical (unpaired) electrons. The molecule has 3 unspecified atom stereocenters. The van der Waals surface area contributed by atoms with E-state index in [9.17, 15) is 14.7 Å². The number of benzene rings is 1.